The molecule has 0 aromatic carbocycles. The van der Waals surface area contributed by atoms with Crippen LogP contribution in [0.2, 0.25) is 0 Å². The highest BCUT2D eigenvalue weighted by molar-refractivity contribution is 6.02. The van der Waals surface area contributed by atoms with Gasteiger partial charge in [-0.15, -0.1) is 5.10 Å². The molecule has 0 atom stereocenters. The van der Waals surface area contributed by atoms with Crippen LogP contribution in [0.25, 0.3) is 0 Å². The van der Waals surface area contributed by atoms with Crippen molar-refractivity contribution in [2.75, 3.05) is 7.05 Å². The summed E-state index contributed by atoms with van der Waals surface area (Å²) in [7, 11) is 1.79. The Kier molecular flexibility index (Phi) is 4.04. The number of rotatable bonds is 5. The molecule has 0 radical (unpaired) electrons. The van der Waals surface area contributed by atoms with Gasteiger partial charge in [0.2, 0.25) is 5.91 Å². The van der Waals surface area contributed by atoms with Crippen molar-refractivity contribution in [1.82, 2.24) is 25.6 Å². The molecule has 0 spiro atoms. The van der Waals surface area contributed by atoms with Crippen LogP contribution in [0.1, 0.15) is 16.2 Å². The molecule has 2 aromatic rings. The van der Waals surface area contributed by atoms with Crippen molar-refractivity contribution >= 4 is 11.8 Å². The molecule has 100 valence electrons. The first-order chi connectivity index (χ1) is 9.19. The molecule has 0 unspecified atom stereocenters. The van der Waals surface area contributed by atoms with Crippen molar-refractivity contribution < 1.29 is 14.0 Å². The predicted octanol–water partition coefficient (Wildman–Crippen LogP) is -0.453. The van der Waals surface area contributed by atoms with Crippen LogP contribution in [0, 0.1) is 0 Å². The van der Waals surface area contributed by atoms with Crippen LogP contribution >= 0.6 is 0 Å². The van der Waals surface area contributed by atoms with E-state index in [1.54, 1.807) is 19.3 Å². The summed E-state index contributed by atoms with van der Waals surface area (Å²) in [5.41, 5.74) is 0.715. The van der Waals surface area contributed by atoms with Crippen molar-refractivity contribution in [1.29, 1.82) is 0 Å². The van der Waals surface area contributed by atoms with Gasteiger partial charge in [0.05, 0.1) is 18.2 Å². The first-order valence-corrected chi connectivity index (χ1v) is 5.60. The minimum absolute atomic E-state index is 0.0802. The summed E-state index contributed by atoms with van der Waals surface area (Å²) in [5, 5.41) is 12.7. The molecule has 19 heavy (non-hydrogen) atoms. The highest BCUT2D eigenvalue weighted by atomic mass is 16.3. The number of carbonyl (C=O) groups is 2. The summed E-state index contributed by atoms with van der Waals surface area (Å²) >= 11 is 0. The Morgan fingerprint density at radius 2 is 2.32 bits per heavy atom. The molecule has 0 bridgehead atoms. The van der Waals surface area contributed by atoms with E-state index in [2.05, 4.69) is 20.9 Å². The fourth-order valence-corrected chi connectivity index (χ4v) is 1.46. The summed E-state index contributed by atoms with van der Waals surface area (Å²) < 4.78 is 6.23. The lowest BCUT2D eigenvalue weighted by molar-refractivity contribution is -0.120. The minimum atomic E-state index is -0.578. The Morgan fingerprint density at radius 3 is 3.00 bits per heavy atom. The number of amides is 2. The summed E-state index contributed by atoms with van der Waals surface area (Å²) in [5.74, 6) is -0.976. The average Bonchev–Trinajstić information content (AvgIpc) is 3.00. The predicted molar refractivity (Wildman–Crippen MR) is 64.0 cm³/mol. The maximum Gasteiger partial charge on any atom is 0.293 e. The zero-order valence-corrected chi connectivity index (χ0v) is 10.3. The van der Waals surface area contributed by atoms with Crippen LogP contribution in [0.3, 0.4) is 0 Å². The number of carbonyl (C=O) groups excluding carboxylic acids is 2. The molecule has 2 heterocycles. The second-order valence-corrected chi connectivity index (χ2v) is 3.79. The SMILES string of the molecule is CNCc1cn(CC(=O)NC(=O)c2ccco2)nn1. The van der Waals surface area contributed by atoms with Crippen molar-refractivity contribution in [2.45, 2.75) is 13.1 Å². The van der Waals surface area contributed by atoms with E-state index in [1.165, 1.54) is 17.0 Å². The molecular weight excluding hydrogens is 250 g/mol. The monoisotopic (exact) mass is 263 g/mol. The molecule has 0 aliphatic carbocycles. The Morgan fingerprint density at radius 1 is 1.47 bits per heavy atom. The lowest BCUT2D eigenvalue weighted by Gasteiger charge is -2.01. The standard InChI is InChI=1S/C11H13N5O3/c1-12-5-8-6-16(15-14-8)7-10(17)13-11(18)9-3-2-4-19-9/h2-4,6,12H,5,7H2,1H3,(H,13,17,18). The first-order valence-electron chi connectivity index (χ1n) is 5.60. The van der Waals surface area contributed by atoms with Gasteiger partial charge < -0.3 is 9.73 Å². The van der Waals surface area contributed by atoms with Gasteiger partial charge in [-0.1, -0.05) is 5.21 Å². The van der Waals surface area contributed by atoms with Crippen LogP contribution in [0.15, 0.2) is 29.0 Å². The van der Waals surface area contributed by atoms with Crippen molar-refractivity contribution in [2.24, 2.45) is 0 Å². The van der Waals surface area contributed by atoms with E-state index >= 15 is 0 Å². The lowest BCUT2D eigenvalue weighted by atomic mass is 10.4. The maximum atomic E-state index is 11.6. The van der Waals surface area contributed by atoms with Gasteiger partial charge in [0.1, 0.15) is 6.54 Å². The number of hydrogen-bond donors (Lipinski definition) is 2. The van der Waals surface area contributed by atoms with Gasteiger partial charge >= 0.3 is 0 Å². The van der Waals surface area contributed by atoms with Crippen LogP contribution in [-0.4, -0.2) is 33.9 Å². The molecule has 0 saturated heterocycles. The topological polar surface area (TPSA) is 102 Å². The van der Waals surface area contributed by atoms with Gasteiger partial charge in [-0.2, -0.15) is 0 Å². The minimum Gasteiger partial charge on any atom is -0.459 e. The first kappa shape index (κ1) is 13.0. The van der Waals surface area contributed by atoms with Gasteiger partial charge in [-0.05, 0) is 19.2 Å². The number of nitrogens with one attached hydrogen (secondary N) is 2. The molecular formula is C11H13N5O3. The van der Waals surface area contributed by atoms with Crippen LogP contribution in [-0.2, 0) is 17.9 Å². The molecule has 2 aromatic heterocycles. The molecule has 0 aliphatic heterocycles. The van der Waals surface area contributed by atoms with Crippen LogP contribution in [0.4, 0.5) is 0 Å². The second-order valence-electron chi connectivity index (χ2n) is 3.79. The molecule has 0 saturated carbocycles. The number of nitrogens with zero attached hydrogens (tertiary/aromatic N) is 3. The van der Waals surface area contributed by atoms with Crippen LogP contribution < -0.4 is 10.6 Å². The Hall–Kier alpha value is -2.48. The lowest BCUT2D eigenvalue weighted by Crippen LogP contribution is -2.33. The molecule has 8 nitrogen and oxygen atoms in total. The van der Waals surface area contributed by atoms with Crippen molar-refractivity contribution in [3.8, 4) is 0 Å². The maximum absolute atomic E-state index is 11.6. The zero-order valence-electron chi connectivity index (χ0n) is 10.3. The Balaban J connectivity index is 1.88. The zero-order chi connectivity index (χ0) is 13.7. The van der Waals surface area contributed by atoms with E-state index in [-0.39, 0.29) is 12.3 Å². The summed E-state index contributed by atoms with van der Waals surface area (Å²) in [4.78, 5) is 23.1. The number of hydrogen-bond acceptors (Lipinski definition) is 6. The Bertz CT molecular complexity index is 561. The highest BCUT2D eigenvalue weighted by Crippen LogP contribution is 1.99. The summed E-state index contributed by atoms with van der Waals surface area (Å²) in [6, 6.07) is 3.05. The summed E-state index contributed by atoms with van der Waals surface area (Å²) in [6.07, 6.45) is 2.99. The molecule has 2 amide bonds. The van der Waals surface area contributed by atoms with Crippen LogP contribution in [0.5, 0.6) is 0 Å². The molecule has 0 fully saturated rings. The largest absolute Gasteiger partial charge is 0.459 e. The summed E-state index contributed by atoms with van der Waals surface area (Å²) in [6.45, 7) is 0.482. The van der Waals surface area contributed by atoms with Gasteiger partial charge in [0, 0.05) is 6.54 Å². The number of furan rings is 1. The normalized spacial score (nSPS) is 10.4. The fourth-order valence-electron chi connectivity index (χ4n) is 1.46. The van der Waals surface area contributed by atoms with Gasteiger partial charge in [0.25, 0.3) is 5.91 Å². The van der Waals surface area contributed by atoms with E-state index in [1.807, 2.05) is 0 Å². The second kappa shape index (κ2) is 5.91. The van der Waals surface area contributed by atoms with E-state index in [9.17, 15) is 9.59 Å². The third kappa shape index (κ3) is 3.49. The molecule has 0 aliphatic rings. The molecule has 8 heteroatoms. The average molecular weight is 263 g/mol. The van der Waals surface area contributed by atoms with Crippen molar-refractivity contribution in [3.63, 3.8) is 0 Å². The van der Waals surface area contributed by atoms with E-state index in [0.29, 0.717) is 12.2 Å². The van der Waals surface area contributed by atoms with Gasteiger partial charge in [-0.3, -0.25) is 14.9 Å². The smallest absolute Gasteiger partial charge is 0.293 e. The fraction of sp³-hybridized carbons (Fsp3) is 0.273. The quantitative estimate of drug-likeness (QED) is 0.757. The highest BCUT2D eigenvalue weighted by Gasteiger charge is 2.13. The number of aromatic nitrogens is 3. The third-order valence-electron chi connectivity index (χ3n) is 2.25. The molecule has 2 rings (SSSR count). The van der Waals surface area contributed by atoms with Gasteiger partial charge in [-0.25, -0.2) is 4.68 Å². The van der Waals surface area contributed by atoms with E-state index < -0.39 is 11.8 Å². The molecule has 2 N–H and O–H groups in total. The third-order valence-corrected chi connectivity index (χ3v) is 2.25. The van der Waals surface area contributed by atoms with E-state index in [4.69, 9.17) is 4.42 Å². The van der Waals surface area contributed by atoms with Crippen molar-refractivity contribution in [3.05, 3.63) is 36.0 Å². The Labute approximate surface area is 108 Å². The number of imide groups is 1. The van der Waals surface area contributed by atoms with E-state index in [0.717, 1.165) is 0 Å². The van der Waals surface area contributed by atoms with Gasteiger partial charge in [0.15, 0.2) is 5.76 Å².